The third kappa shape index (κ3) is 4.03. The molecular formula is C13H21ClN4O. The average molecular weight is 285 g/mol. The molecule has 106 valence electrons. The van der Waals surface area contributed by atoms with Gasteiger partial charge in [-0.15, -0.1) is 0 Å². The molecule has 1 aromatic rings. The highest BCUT2D eigenvalue weighted by molar-refractivity contribution is 6.29. The van der Waals surface area contributed by atoms with E-state index in [0.717, 1.165) is 32.0 Å². The van der Waals surface area contributed by atoms with Crippen LogP contribution in [0.15, 0.2) is 6.07 Å². The molecule has 1 aromatic heterocycles. The normalized spacial score (nSPS) is 16.9. The fraction of sp³-hybridized carbons (Fsp3) is 0.692. The molecule has 5 nitrogen and oxygen atoms in total. The van der Waals surface area contributed by atoms with Gasteiger partial charge in [0.2, 0.25) is 0 Å². The van der Waals surface area contributed by atoms with Crippen molar-refractivity contribution >= 4 is 17.4 Å². The second kappa shape index (κ2) is 7.03. The van der Waals surface area contributed by atoms with Crippen molar-refractivity contribution in [2.45, 2.75) is 20.0 Å². The van der Waals surface area contributed by atoms with Gasteiger partial charge in [-0.1, -0.05) is 18.5 Å². The van der Waals surface area contributed by atoms with E-state index in [4.69, 9.17) is 16.3 Å². The average Bonchev–Trinajstić information content (AvgIpc) is 2.40. The quantitative estimate of drug-likeness (QED) is 0.772. The molecule has 0 radical (unpaired) electrons. The standard InChI is InChI=1S/C13H21ClN4O/c1-3-4-17-5-7-18(8-6-17)13-9-11(14)15-12(16-13)10-19-2/h9H,3-8,10H2,1-2H3. The number of halogens is 1. The lowest BCUT2D eigenvalue weighted by molar-refractivity contribution is 0.177. The van der Waals surface area contributed by atoms with Crippen molar-refractivity contribution in [3.63, 3.8) is 0 Å². The molecule has 0 bridgehead atoms. The molecule has 0 unspecified atom stereocenters. The number of hydrogen-bond acceptors (Lipinski definition) is 5. The first kappa shape index (κ1) is 14.5. The molecule has 2 rings (SSSR count). The van der Waals surface area contributed by atoms with Crippen LogP contribution in [-0.2, 0) is 11.3 Å². The first-order chi connectivity index (χ1) is 9.22. The van der Waals surface area contributed by atoms with E-state index in [1.807, 2.05) is 6.07 Å². The maximum absolute atomic E-state index is 6.04. The molecule has 0 N–H and O–H groups in total. The fourth-order valence-electron chi connectivity index (χ4n) is 2.32. The molecule has 0 amide bonds. The van der Waals surface area contributed by atoms with Crippen LogP contribution >= 0.6 is 11.6 Å². The minimum Gasteiger partial charge on any atom is -0.377 e. The zero-order valence-electron chi connectivity index (χ0n) is 11.6. The summed E-state index contributed by atoms with van der Waals surface area (Å²) in [6, 6.07) is 1.83. The van der Waals surface area contributed by atoms with Crippen LogP contribution in [-0.4, -0.2) is 54.7 Å². The van der Waals surface area contributed by atoms with Gasteiger partial charge in [0.15, 0.2) is 5.82 Å². The van der Waals surface area contributed by atoms with Gasteiger partial charge in [0, 0.05) is 39.4 Å². The molecule has 1 aliphatic rings. The second-order valence-corrected chi connectivity index (χ2v) is 5.11. The SMILES string of the molecule is CCCN1CCN(c2cc(Cl)nc(COC)n2)CC1. The van der Waals surface area contributed by atoms with E-state index in [-0.39, 0.29) is 0 Å². The summed E-state index contributed by atoms with van der Waals surface area (Å²) in [5.74, 6) is 1.55. The molecule has 2 heterocycles. The number of piperazine rings is 1. The van der Waals surface area contributed by atoms with Crippen LogP contribution in [0, 0.1) is 0 Å². The Morgan fingerprint density at radius 1 is 1.26 bits per heavy atom. The van der Waals surface area contributed by atoms with Crippen LogP contribution < -0.4 is 4.90 Å². The van der Waals surface area contributed by atoms with Crippen molar-refractivity contribution in [3.05, 3.63) is 17.0 Å². The number of nitrogens with zero attached hydrogens (tertiary/aromatic N) is 4. The Bertz CT molecular complexity index is 408. The third-order valence-corrected chi connectivity index (χ3v) is 3.43. The number of anilines is 1. The van der Waals surface area contributed by atoms with Crippen LogP contribution in [0.5, 0.6) is 0 Å². The van der Waals surface area contributed by atoms with Crippen molar-refractivity contribution in [3.8, 4) is 0 Å². The summed E-state index contributed by atoms with van der Waals surface area (Å²) in [5.41, 5.74) is 0. The molecule has 0 atom stereocenters. The molecule has 1 saturated heterocycles. The number of methoxy groups -OCH3 is 1. The predicted molar refractivity (Wildman–Crippen MR) is 76.7 cm³/mol. The number of hydrogen-bond donors (Lipinski definition) is 0. The highest BCUT2D eigenvalue weighted by atomic mass is 35.5. The molecule has 1 aliphatic heterocycles. The first-order valence-electron chi connectivity index (χ1n) is 6.72. The summed E-state index contributed by atoms with van der Waals surface area (Å²) < 4.78 is 5.06. The summed E-state index contributed by atoms with van der Waals surface area (Å²) in [4.78, 5) is 13.4. The Labute approximate surface area is 119 Å². The Hall–Kier alpha value is -0.910. The van der Waals surface area contributed by atoms with Crippen molar-refractivity contribution in [2.24, 2.45) is 0 Å². The van der Waals surface area contributed by atoms with E-state index in [0.29, 0.717) is 17.6 Å². The number of aromatic nitrogens is 2. The van der Waals surface area contributed by atoms with Gasteiger partial charge in [0.1, 0.15) is 17.6 Å². The molecular weight excluding hydrogens is 264 g/mol. The molecule has 0 aromatic carbocycles. The summed E-state index contributed by atoms with van der Waals surface area (Å²) in [6.07, 6.45) is 1.21. The van der Waals surface area contributed by atoms with E-state index in [2.05, 4.69) is 26.7 Å². The largest absolute Gasteiger partial charge is 0.377 e. The Morgan fingerprint density at radius 3 is 2.63 bits per heavy atom. The molecule has 19 heavy (non-hydrogen) atoms. The van der Waals surface area contributed by atoms with Gasteiger partial charge < -0.3 is 9.64 Å². The topological polar surface area (TPSA) is 41.5 Å². The van der Waals surface area contributed by atoms with Crippen molar-refractivity contribution < 1.29 is 4.74 Å². The first-order valence-corrected chi connectivity index (χ1v) is 7.10. The fourth-order valence-corrected chi connectivity index (χ4v) is 2.52. The minimum absolute atomic E-state index is 0.392. The number of rotatable bonds is 5. The zero-order valence-corrected chi connectivity index (χ0v) is 12.4. The van der Waals surface area contributed by atoms with Crippen molar-refractivity contribution in [1.29, 1.82) is 0 Å². The molecule has 1 fully saturated rings. The Kier molecular flexibility index (Phi) is 5.36. The van der Waals surface area contributed by atoms with Gasteiger partial charge in [0.25, 0.3) is 0 Å². The molecule has 0 saturated carbocycles. The van der Waals surface area contributed by atoms with Crippen molar-refractivity contribution in [2.75, 3.05) is 44.7 Å². The van der Waals surface area contributed by atoms with Crippen LogP contribution in [0.2, 0.25) is 5.15 Å². The maximum Gasteiger partial charge on any atom is 0.158 e. The summed E-state index contributed by atoms with van der Waals surface area (Å²) in [5, 5.41) is 0.480. The van der Waals surface area contributed by atoms with E-state index in [9.17, 15) is 0 Å². The van der Waals surface area contributed by atoms with E-state index in [1.54, 1.807) is 7.11 Å². The Balaban J connectivity index is 2.02. The van der Waals surface area contributed by atoms with Gasteiger partial charge in [-0.25, -0.2) is 9.97 Å². The van der Waals surface area contributed by atoms with Gasteiger partial charge in [-0.3, -0.25) is 4.90 Å². The van der Waals surface area contributed by atoms with E-state index < -0.39 is 0 Å². The van der Waals surface area contributed by atoms with Crippen LogP contribution in [0.3, 0.4) is 0 Å². The van der Waals surface area contributed by atoms with E-state index in [1.165, 1.54) is 13.0 Å². The Morgan fingerprint density at radius 2 is 2.00 bits per heavy atom. The summed E-state index contributed by atoms with van der Waals surface area (Å²) in [7, 11) is 1.63. The van der Waals surface area contributed by atoms with Gasteiger partial charge in [0.05, 0.1) is 0 Å². The second-order valence-electron chi connectivity index (χ2n) is 4.73. The van der Waals surface area contributed by atoms with Crippen LogP contribution in [0.1, 0.15) is 19.2 Å². The lowest BCUT2D eigenvalue weighted by Gasteiger charge is -2.35. The van der Waals surface area contributed by atoms with Crippen LogP contribution in [0.25, 0.3) is 0 Å². The van der Waals surface area contributed by atoms with Gasteiger partial charge >= 0.3 is 0 Å². The summed E-state index contributed by atoms with van der Waals surface area (Å²) >= 11 is 6.04. The predicted octanol–water partition coefficient (Wildman–Crippen LogP) is 1.81. The van der Waals surface area contributed by atoms with Crippen LogP contribution in [0.4, 0.5) is 5.82 Å². The molecule has 0 aliphatic carbocycles. The highest BCUT2D eigenvalue weighted by Gasteiger charge is 2.18. The van der Waals surface area contributed by atoms with E-state index >= 15 is 0 Å². The highest BCUT2D eigenvalue weighted by Crippen LogP contribution is 2.18. The maximum atomic E-state index is 6.04. The number of ether oxygens (including phenoxy) is 1. The lowest BCUT2D eigenvalue weighted by Crippen LogP contribution is -2.46. The molecule has 6 heteroatoms. The minimum atomic E-state index is 0.392. The third-order valence-electron chi connectivity index (χ3n) is 3.24. The monoisotopic (exact) mass is 284 g/mol. The van der Waals surface area contributed by atoms with Gasteiger partial charge in [-0.05, 0) is 13.0 Å². The van der Waals surface area contributed by atoms with Crippen molar-refractivity contribution in [1.82, 2.24) is 14.9 Å². The van der Waals surface area contributed by atoms with Gasteiger partial charge in [-0.2, -0.15) is 0 Å². The lowest BCUT2D eigenvalue weighted by atomic mass is 10.3. The zero-order chi connectivity index (χ0) is 13.7. The molecule has 0 spiro atoms. The summed E-state index contributed by atoms with van der Waals surface area (Å²) in [6.45, 7) is 7.91. The smallest absolute Gasteiger partial charge is 0.158 e.